The molecule has 0 unspecified atom stereocenters. The molecule has 5 nitrogen and oxygen atoms in total. The molecule has 0 aliphatic rings. The second-order valence-electron chi connectivity index (χ2n) is 5.46. The molecule has 0 fully saturated rings. The van der Waals surface area contributed by atoms with E-state index in [2.05, 4.69) is 20.3 Å². The summed E-state index contributed by atoms with van der Waals surface area (Å²) in [6.07, 6.45) is 1.72. The summed E-state index contributed by atoms with van der Waals surface area (Å²) in [5, 5.41) is 3.60. The molecule has 1 aromatic carbocycles. The van der Waals surface area contributed by atoms with Crippen LogP contribution in [0, 0.1) is 19.7 Å². The summed E-state index contributed by atoms with van der Waals surface area (Å²) in [7, 11) is 0. The number of hydrogen-bond acceptors (Lipinski definition) is 2. The first-order chi connectivity index (χ1) is 10.5. The molecule has 0 aliphatic heterocycles. The number of amides is 1. The fraction of sp³-hybridized carbons (Fsp3) is 0.250. The van der Waals surface area contributed by atoms with Gasteiger partial charge in [-0.2, -0.15) is 0 Å². The molecule has 3 N–H and O–H groups in total. The third kappa shape index (κ3) is 2.47. The van der Waals surface area contributed by atoms with Crippen LogP contribution in [0.2, 0.25) is 0 Å². The van der Waals surface area contributed by atoms with E-state index in [0.29, 0.717) is 16.9 Å². The monoisotopic (exact) mass is 300 g/mol. The van der Waals surface area contributed by atoms with Gasteiger partial charge in [-0.15, -0.1) is 0 Å². The van der Waals surface area contributed by atoms with E-state index < -0.39 is 0 Å². The summed E-state index contributed by atoms with van der Waals surface area (Å²) in [5.74, 6) is 0.141. The maximum atomic E-state index is 13.3. The van der Waals surface area contributed by atoms with Gasteiger partial charge in [-0.3, -0.25) is 4.79 Å². The molecule has 1 amide bonds. The first-order valence-corrected chi connectivity index (χ1v) is 7.06. The summed E-state index contributed by atoms with van der Waals surface area (Å²) in [5.41, 5.74) is 2.85. The normalized spacial score (nSPS) is 12.5. The molecule has 3 aromatic rings. The molecule has 114 valence electrons. The fourth-order valence-corrected chi connectivity index (χ4v) is 2.52. The van der Waals surface area contributed by atoms with E-state index in [1.807, 2.05) is 13.8 Å². The number of imidazole rings is 1. The Kier molecular flexibility index (Phi) is 3.44. The van der Waals surface area contributed by atoms with Crippen LogP contribution in [0.15, 0.2) is 24.4 Å². The van der Waals surface area contributed by atoms with Crippen molar-refractivity contribution in [3.8, 4) is 0 Å². The lowest BCUT2D eigenvalue weighted by molar-refractivity contribution is 0.0933. The zero-order valence-electron chi connectivity index (χ0n) is 12.6. The summed E-state index contributed by atoms with van der Waals surface area (Å²) in [6, 6.07) is 4.18. The zero-order valence-corrected chi connectivity index (χ0v) is 12.6. The number of aromatic amines is 2. The van der Waals surface area contributed by atoms with Crippen LogP contribution in [-0.4, -0.2) is 20.9 Å². The molecule has 22 heavy (non-hydrogen) atoms. The summed E-state index contributed by atoms with van der Waals surface area (Å²) >= 11 is 0. The largest absolute Gasteiger partial charge is 0.350 e. The first-order valence-electron chi connectivity index (χ1n) is 7.06. The van der Waals surface area contributed by atoms with Gasteiger partial charge in [0.05, 0.1) is 6.04 Å². The Morgan fingerprint density at radius 1 is 1.32 bits per heavy atom. The lowest BCUT2D eigenvalue weighted by Crippen LogP contribution is -2.28. The Morgan fingerprint density at radius 2 is 2.09 bits per heavy atom. The quantitative estimate of drug-likeness (QED) is 0.695. The zero-order chi connectivity index (χ0) is 15.9. The lowest BCUT2D eigenvalue weighted by Gasteiger charge is -2.11. The van der Waals surface area contributed by atoms with Crippen LogP contribution in [0.25, 0.3) is 10.9 Å². The van der Waals surface area contributed by atoms with Gasteiger partial charge < -0.3 is 15.3 Å². The maximum absolute atomic E-state index is 13.3. The van der Waals surface area contributed by atoms with Gasteiger partial charge in [0.25, 0.3) is 5.91 Å². The number of hydrogen-bond donors (Lipinski definition) is 3. The van der Waals surface area contributed by atoms with Crippen LogP contribution < -0.4 is 5.32 Å². The SMILES string of the molecule is Cc1cnc([C@@H](C)NC(=O)c2[nH]c3ccc(F)cc3c2C)[nH]1. The predicted molar refractivity (Wildman–Crippen MR) is 82.2 cm³/mol. The summed E-state index contributed by atoms with van der Waals surface area (Å²) in [6.45, 7) is 5.56. The number of rotatable bonds is 3. The summed E-state index contributed by atoms with van der Waals surface area (Å²) in [4.78, 5) is 22.8. The molecular formula is C16H17FN4O. The van der Waals surface area contributed by atoms with Crippen LogP contribution in [0.1, 0.15) is 40.5 Å². The van der Waals surface area contributed by atoms with E-state index in [0.717, 1.165) is 16.8 Å². The number of carbonyl (C=O) groups is 1. The van der Waals surface area contributed by atoms with Crippen molar-refractivity contribution < 1.29 is 9.18 Å². The molecule has 2 aromatic heterocycles. The number of nitrogens with one attached hydrogen (secondary N) is 3. The standard InChI is InChI=1S/C16H17FN4O/c1-8-7-18-15(19-8)10(3)20-16(22)14-9(2)12-6-11(17)4-5-13(12)21-14/h4-7,10,21H,1-3H3,(H,18,19)(H,20,22)/t10-/m1/s1. The molecule has 0 saturated carbocycles. The number of aryl methyl sites for hydroxylation is 2. The lowest BCUT2D eigenvalue weighted by atomic mass is 10.1. The number of aromatic nitrogens is 3. The van der Waals surface area contributed by atoms with E-state index in [-0.39, 0.29) is 17.8 Å². The van der Waals surface area contributed by atoms with Crippen LogP contribution in [0.5, 0.6) is 0 Å². The molecule has 3 rings (SSSR count). The number of halogens is 1. The van der Waals surface area contributed by atoms with Gasteiger partial charge in [0.15, 0.2) is 0 Å². The Balaban J connectivity index is 1.87. The minimum atomic E-state index is -0.319. The van der Waals surface area contributed by atoms with E-state index in [1.54, 1.807) is 19.2 Å². The Morgan fingerprint density at radius 3 is 2.77 bits per heavy atom. The molecule has 2 heterocycles. The predicted octanol–water partition coefficient (Wildman–Crippen LogP) is 3.14. The molecule has 0 bridgehead atoms. The molecule has 6 heteroatoms. The Bertz CT molecular complexity index is 849. The van der Waals surface area contributed by atoms with Crippen molar-refractivity contribution in [3.63, 3.8) is 0 Å². The Labute approximate surface area is 127 Å². The van der Waals surface area contributed by atoms with Crippen LogP contribution in [-0.2, 0) is 0 Å². The minimum absolute atomic E-state index is 0.240. The third-order valence-corrected chi connectivity index (χ3v) is 3.73. The number of benzene rings is 1. The Hall–Kier alpha value is -2.63. The van der Waals surface area contributed by atoms with Crippen LogP contribution in [0.4, 0.5) is 4.39 Å². The van der Waals surface area contributed by atoms with Gasteiger partial charge in [-0.1, -0.05) is 0 Å². The highest BCUT2D eigenvalue weighted by molar-refractivity contribution is 6.01. The number of nitrogens with zero attached hydrogens (tertiary/aromatic N) is 1. The van der Waals surface area contributed by atoms with E-state index in [4.69, 9.17) is 0 Å². The van der Waals surface area contributed by atoms with Crippen molar-refractivity contribution in [2.75, 3.05) is 0 Å². The topological polar surface area (TPSA) is 73.6 Å². The highest BCUT2D eigenvalue weighted by atomic mass is 19.1. The number of fused-ring (bicyclic) bond motifs is 1. The van der Waals surface area contributed by atoms with Crippen LogP contribution >= 0.6 is 0 Å². The third-order valence-electron chi connectivity index (χ3n) is 3.73. The molecule has 0 spiro atoms. The molecular weight excluding hydrogens is 283 g/mol. The van der Waals surface area contributed by atoms with Gasteiger partial charge in [-0.05, 0) is 44.5 Å². The average Bonchev–Trinajstić information content (AvgIpc) is 3.04. The highest BCUT2D eigenvalue weighted by Gasteiger charge is 2.18. The average molecular weight is 300 g/mol. The molecule has 1 atom stereocenters. The molecule has 0 aliphatic carbocycles. The van der Waals surface area contributed by atoms with Crippen molar-refractivity contribution >= 4 is 16.8 Å². The van der Waals surface area contributed by atoms with Crippen molar-refractivity contribution in [2.24, 2.45) is 0 Å². The van der Waals surface area contributed by atoms with Gasteiger partial charge >= 0.3 is 0 Å². The number of carbonyl (C=O) groups excluding carboxylic acids is 1. The molecule has 0 radical (unpaired) electrons. The summed E-state index contributed by atoms with van der Waals surface area (Å²) < 4.78 is 13.3. The van der Waals surface area contributed by atoms with Gasteiger partial charge in [-0.25, -0.2) is 9.37 Å². The fourth-order valence-electron chi connectivity index (χ4n) is 2.52. The van der Waals surface area contributed by atoms with Crippen LogP contribution in [0.3, 0.4) is 0 Å². The second kappa shape index (κ2) is 5.29. The smallest absolute Gasteiger partial charge is 0.268 e. The van der Waals surface area contributed by atoms with Gasteiger partial charge in [0, 0.05) is 22.8 Å². The minimum Gasteiger partial charge on any atom is -0.350 e. The highest BCUT2D eigenvalue weighted by Crippen LogP contribution is 2.23. The second-order valence-corrected chi connectivity index (χ2v) is 5.46. The van der Waals surface area contributed by atoms with Gasteiger partial charge in [0.2, 0.25) is 0 Å². The maximum Gasteiger partial charge on any atom is 0.268 e. The first kappa shape index (κ1) is 14.3. The van der Waals surface area contributed by atoms with Crippen molar-refractivity contribution in [2.45, 2.75) is 26.8 Å². The van der Waals surface area contributed by atoms with E-state index in [1.165, 1.54) is 12.1 Å². The van der Waals surface area contributed by atoms with Crippen molar-refractivity contribution in [3.05, 3.63) is 53.0 Å². The van der Waals surface area contributed by atoms with Gasteiger partial charge in [0.1, 0.15) is 17.3 Å². The van der Waals surface area contributed by atoms with E-state index in [9.17, 15) is 9.18 Å². The molecule has 0 saturated heterocycles. The number of H-pyrrole nitrogens is 2. The van der Waals surface area contributed by atoms with Crippen molar-refractivity contribution in [1.29, 1.82) is 0 Å². The van der Waals surface area contributed by atoms with Crippen molar-refractivity contribution in [1.82, 2.24) is 20.3 Å². The van der Waals surface area contributed by atoms with E-state index >= 15 is 0 Å².